The highest BCUT2D eigenvalue weighted by atomic mass is 79.9. The lowest BCUT2D eigenvalue weighted by Crippen LogP contribution is -2.15. The summed E-state index contributed by atoms with van der Waals surface area (Å²) in [5, 5.41) is 3.66. The van der Waals surface area contributed by atoms with Crippen LogP contribution in [0.15, 0.2) is 28.7 Å². The van der Waals surface area contributed by atoms with Crippen LogP contribution in [0.5, 0.6) is 0 Å². The summed E-state index contributed by atoms with van der Waals surface area (Å²) in [7, 11) is 0. The summed E-state index contributed by atoms with van der Waals surface area (Å²) in [6.07, 6.45) is 3.56. The zero-order valence-corrected chi connectivity index (χ0v) is 13.8. The molecule has 19 heavy (non-hydrogen) atoms. The molecule has 100 valence electrons. The van der Waals surface area contributed by atoms with Gasteiger partial charge in [-0.15, -0.1) is 11.3 Å². The van der Waals surface area contributed by atoms with Gasteiger partial charge >= 0.3 is 0 Å². The van der Waals surface area contributed by atoms with Crippen LogP contribution in [0.1, 0.15) is 34.9 Å². The maximum atomic E-state index is 6.16. The van der Waals surface area contributed by atoms with Gasteiger partial charge in [-0.2, -0.15) is 0 Å². The molecular formula is C15H15BrClNS. The van der Waals surface area contributed by atoms with E-state index in [1.807, 2.05) is 0 Å². The fourth-order valence-corrected chi connectivity index (χ4v) is 4.38. The molecule has 1 N–H and O–H groups in total. The molecule has 0 saturated carbocycles. The van der Waals surface area contributed by atoms with E-state index in [4.69, 9.17) is 11.6 Å². The maximum Gasteiger partial charge on any atom is 0.0934 e. The number of hydrogen-bond acceptors (Lipinski definition) is 2. The summed E-state index contributed by atoms with van der Waals surface area (Å²) in [6.45, 7) is 2.11. The summed E-state index contributed by atoms with van der Waals surface area (Å²) in [6, 6.07) is 8.84. The first-order valence-corrected chi connectivity index (χ1v) is 8.43. The third kappa shape index (κ3) is 2.69. The lowest BCUT2D eigenvalue weighted by atomic mass is 9.94. The molecule has 0 bridgehead atoms. The largest absolute Gasteiger partial charge is 0.377 e. The first kappa shape index (κ1) is 13.5. The van der Waals surface area contributed by atoms with E-state index < -0.39 is 0 Å². The monoisotopic (exact) mass is 355 g/mol. The molecular weight excluding hydrogens is 342 g/mol. The van der Waals surface area contributed by atoms with Crippen molar-refractivity contribution in [2.75, 3.05) is 5.32 Å². The van der Waals surface area contributed by atoms with Crippen molar-refractivity contribution < 1.29 is 0 Å². The predicted octanol–water partition coefficient (Wildman–Crippen LogP) is 5.96. The van der Waals surface area contributed by atoms with Crippen molar-refractivity contribution in [1.82, 2.24) is 0 Å². The molecule has 4 heteroatoms. The number of thiophene rings is 1. The number of hydrogen-bond donors (Lipinski definition) is 1. The Bertz CT molecular complexity index is 608. The Labute approximate surface area is 131 Å². The summed E-state index contributed by atoms with van der Waals surface area (Å²) >= 11 is 11.5. The van der Waals surface area contributed by atoms with E-state index >= 15 is 0 Å². The van der Waals surface area contributed by atoms with Crippen LogP contribution in [0.2, 0.25) is 4.34 Å². The Hall–Kier alpha value is -0.510. The molecule has 1 atom stereocenters. The Kier molecular flexibility index (Phi) is 3.88. The first-order chi connectivity index (χ1) is 9.15. The number of aryl methyl sites for hydroxylation is 2. The van der Waals surface area contributed by atoms with Crippen LogP contribution in [-0.4, -0.2) is 0 Å². The second kappa shape index (κ2) is 5.47. The van der Waals surface area contributed by atoms with Gasteiger partial charge in [-0.25, -0.2) is 0 Å². The van der Waals surface area contributed by atoms with Crippen molar-refractivity contribution in [1.29, 1.82) is 0 Å². The molecule has 3 rings (SSSR count). The summed E-state index contributed by atoms with van der Waals surface area (Å²) in [4.78, 5) is 1.44. The smallest absolute Gasteiger partial charge is 0.0934 e. The zero-order valence-electron chi connectivity index (χ0n) is 10.7. The van der Waals surface area contributed by atoms with Crippen molar-refractivity contribution in [3.63, 3.8) is 0 Å². The molecule has 1 heterocycles. The maximum absolute atomic E-state index is 6.16. The van der Waals surface area contributed by atoms with E-state index in [9.17, 15) is 0 Å². The van der Waals surface area contributed by atoms with Crippen LogP contribution in [-0.2, 0) is 6.42 Å². The molecule has 1 aliphatic carbocycles. The Balaban J connectivity index is 1.90. The highest BCUT2D eigenvalue weighted by Crippen LogP contribution is 2.40. The van der Waals surface area contributed by atoms with Gasteiger partial charge in [0.2, 0.25) is 0 Å². The number of benzene rings is 1. The average molecular weight is 357 g/mol. The van der Waals surface area contributed by atoms with E-state index in [1.165, 1.54) is 41.0 Å². The highest BCUT2D eigenvalue weighted by molar-refractivity contribution is 9.10. The van der Waals surface area contributed by atoms with Gasteiger partial charge in [0, 0.05) is 15.0 Å². The molecule has 1 aromatic heterocycles. The van der Waals surface area contributed by atoms with Gasteiger partial charge in [0.1, 0.15) is 0 Å². The standard InChI is InChI=1S/C15H15BrClNS/c1-9-4-2-6-12(15(9)16)18-11-5-3-7-13-10(11)8-14(17)19-13/h2,4,6,8,11,18H,3,5,7H2,1H3. The summed E-state index contributed by atoms with van der Waals surface area (Å²) in [5.41, 5.74) is 3.80. The highest BCUT2D eigenvalue weighted by Gasteiger charge is 2.23. The fraction of sp³-hybridized carbons (Fsp3) is 0.333. The summed E-state index contributed by atoms with van der Waals surface area (Å²) < 4.78 is 2.06. The van der Waals surface area contributed by atoms with Crippen LogP contribution >= 0.6 is 38.9 Å². The van der Waals surface area contributed by atoms with Gasteiger partial charge in [-0.05, 0) is 65.4 Å². The van der Waals surface area contributed by atoms with Gasteiger partial charge in [0.25, 0.3) is 0 Å². The van der Waals surface area contributed by atoms with Gasteiger partial charge in [-0.3, -0.25) is 0 Å². The number of anilines is 1. The van der Waals surface area contributed by atoms with Crippen molar-refractivity contribution in [2.24, 2.45) is 0 Å². The molecule has 1 nitrogen and oxygen atoms in total. The van der Waals surface area contributed by atoms with E-state index in [2.05, 4.69) is 52.4 Å². The zero-order chi connectivity index (χ0) is 13.4. The average Bonchev–Trinajstić information content (AvgIpc) is 2.76. The van der Waals surface area contributed by atoms with Gasteiger partial charge in [0.15, 0.2) is 0 Å². The third-order valence-electron chi connectivity index (χ3n) is 3.61. The van der Waals surface area contributed by atoms with Crippen LogP contribution in [0.25, 0.3) is 0 Å². The molecule has 2 aromatic rings. The number of nitrogens with one attached hydrogen (secondary N) is 1. The molecule has 1 aliphatic rings. The SMILES string of the molecule is Cc1cccc(NC2CCCc3sc(Cl)cc32)c1Br. The minimum absolute atomic E-state index is 0.380. The van der Waals surface area contributed by atoms with Crippen LogP contribution < -0.4 is 5.32 Å². The van der Waals surface area contributed by atoms with Crippen molar-refractivity contribution in [3.8, 4) is 0 Å². The van der Waals surface area contributed by atoms with Crippen LogP contribution in [0.4, 0.5) is 5.69 Å². The van der Waals surface area contributed by atoms with Gasteiger partial charge in [-0.1, -0.05) is 23.7 Å². The molecule has 0 saturated heterocycles. The predicted molar refractivity (Wildman–Crippen MR) is 87.5 cm³/mol. The van der Waals surface area contributed by atoms with E-state index in [0.29, 0.717) is 6.04 Å². The van der Waals surface area contributed by atoms with Crippen LogP contribution in [0, 0.1) is 6.92 Å². The molecule has 0 amide bonds. The number of halogens is 2. The van der Waals surface area contributed by atoms with E-state index in [1.54, 1.807) is 11.3 Å². The van der Waals surface area contributed by atoms with Gasteiger partial charge in [0.05, 0.1) is 10.4 Å². The lowest BCUT2D eigenvalue weighted by molar-refractivity contribution is 0.608. The second-order valence-electron chi connectivity index (χ2n) is 4.95. The Morgan fingerprint density at radius 1 is 1.42 bits per heavy atom. The van der Waals surface area contributed by atoms with Gasteiger partial charge < -0.3 is 5.32 Å². The van der Waals surface area contributed by atoms with E-state index in [0.717, 1.165) is 8.81 Å². The topological polar surface area (TPSA) is 12.0 Å². The van der Waals surface area contributed by atoms with Crippen LogP contribution in [0.3, 0.4) is 0 Å². The second-order valence-corrected chi connectivity index (χ2v) is 7.52. The quantitative estimate of drug-likeness (QED) is 0.699. The molecule has 0 radical (unpaired) electrons. The summed E-state index contributed by atoms with van der Waals surface area (Å²) in [5.74, 6) is 0. The first-order valence-electron chi connectivity index (χ1n) is 6.45. The minimum Gasteiger partial charge on any atom is -0.377 e. The van der Waals surface area contributed by atoms with E-state index in [-0.39, 0.29) is 0 Å². The third-order valence-corrected chi connectivity index (χ3v) is 6.00. The molecule has 1 aromatic carbocycles. The number of fused-ring (bicyclic) bond motifs is 1. The lowest BCUT2D eigenvalue weighted by Gasteiger charge is -2.25. The number of rotatable bonds is 2. The molecule has 0 aliphatic heterocycles. The molecule has 1 unspecified atom stereocenters. The Morgan fingerprint density at radius 2 is 2.26 bits per heavy atom. The van der Waals surface area contributed by atoms with Crippen molar-refractivity contribution in [2.45, 2.75) is 32.2 Å². The van der Waals surface area contributed by atoms with Crippen molar-refractivity contribution >= 4 is 44.6 Å². The minimum atomic E-state index is 0.380. The molecule has 0 fully saturated rings. The fourth-order valence-electron chi connectivity index (χ4n) is 2.62. The van der Waals surface area contributed by atoms with Crippen molar-refractivity contribution in [3.05, 3.63) is 49.1 Å². The Morgan fingerprint density at radius 3 is 3.11 bits per heavy atom. The molecule has 0 spiro atoms. The normalized spacial score (nSPS) is 18.2.